The first-order chi connectivity index (χ1) is 13.5. The first kappa shape index (κ1) is 18.4. The summed E-state index contributed by atoms with van der Waals surface area (Å²) >= 11 is 6.08. The Balaban J connectivity index is 2.02. The van der Waals surface area contributed by atoms with Crippen molar-refractivity contribution in [1.29, 1.82) is 0 Å². The molecule has 3 aromatic rings. The highest BCUT2D eigenvalue weighted by molar-refractivity contribution is 6.30. The van der Waals surface area contributed by atoms with E-state index in [9.17, 15) is 4.79 Å². The Hall–Kier alpha value is -2.92. The van der Waals surface area contributed by atoms with E-state index in [1.807, 2.05) is 49.4 Å². The van der Waals surface area contributed by atoms with Crippen molar-refractivity contribution in [1.82, 2.24) is 5.16 Å². The highest BCUT2D eigenvalue weighted by Crippen LogP contribution is 2.41. The fourth-order valence-electron chi connectivity index (χ4n) is 3.54. The average molecular weight is 395 g/mol. The Labute approximate surface area is 168 Å². The second-order valence-electron chi connectivity index (χ2n) is 6.83. The molecule has 0 saturated carbocycles. The summed E-state index contributed by atoms with van der Waals surface area (Å²) in [4.78, 5) is 16.9. The lowest BCUT2D eigenvalue weighted by Crippen LogP contribution is -2.08. The maximum Gasteiger partial charge on any atom is 0.169 e. The molecule has 0 fully saturated rings. The van der Waals surface area contributed by atoms with E-state index in [1.54, 1.807) is 14.0 Å². The fourth-order valence-corrected chi connectivity index (χ4v) is 3.66. The van der Waals surface area contributed by atoms with Crippen molar-refractivity contribution in [2.45, 2.75) is 26.3 Å². The van der Waals surface area contributed by atoms with Crippen LogP contribution in [0.15, 0.2) is 52.0 Å². The molecule has 0 spiro atoms. The molecule has 5 nitrogen and oxygen atoms in total. The number of benzene rings is 2. The predicted octanol–water partition coefficient (Wildman–Crippen LogP) is 5.18. The molecule has 0 radical (unpaired) electrons. The lowest BCUT2D eigenvalue weighted by molar-refractivity contribution is -0.117. The van der Waals surface area contributed by atoms with E-state index in [2.05, 4.69) is 5.16 Å². The number of ether oxygens (including phenoxy) is 1. The van der Waals surface area contributed by atoms with Gasteiger partial charge >= 0.3 is 0 Å². The van der Waals surface area contributed by atoms with E-state index in [1.165, 1.54) is 0 Å². The lowest BCUT2D eigenvalue weighted by Gasteiger charge is -2.13. The molecule has 1 aromatic heterocycles. The number of fused-ring (bicyclic) bond motifs is 3. The smallest absolute Gasteiger partial charge is 0.169 e. The van der Waals surface area contributed by atoms with Gasteiger partial charge in [0.25, 0.3) is 0 Å². The number of rotatable bonds is 4. The number of aliphatic imine (C=N–C) groups is 1. The molecular weight excluding hydrogens is 376 g/mol. The van der Waals surface area contributed by atoms with Gasteiger partial charge in [-0.1, -0.05) is 28.9 Å². The minimum atomic E-state index is -0.447. The van der Waals surface area contributed by atoms with Gasteiger partial charge in [0.2, 0.25) is 0 Å². The molecule has 142 valence electrons. The van der Waals surface area contributed by atoms with Gasteiger partial charge in [-0.3, -0.25) is 9.79 Å². The minimum absolute atomic E-state index is 0.0349. The fraction of sp³-hybridized carbons (Fsp3) is 0.227. The first-order valence-electron chi connectivity index (χ1n) is 8.96. The first-order valence-corrected chi connectivity index (χ1v) is 9.34. The third-order valence-corrected chi connectivity index (χ3v) is 5.08. The van der Waals surface area contributed by atoms with Gasteiger partial charge in [-0.05, 0) is 49.7 Å². The van der Waals surface area contributed by atoms with E-state index in [4.69, 9.17) is 25.9 Å². The van der Waals surface area contributed by atoms with Crippen LogP contribution in [-0.4, -0.2) is 23.8 Å². The minimum Gasteiger partial charge on any atom is -0.497 e. The summed E-state index contributed by atoms with van der Waals surface area (Å²) in [6.07, 6.45) is 0.240. The summed E-state index contributed by atoms with van der Waals surface area (Å²) in [6, 6.07) is 12.9. The summed E-state index contributed by atoms with van der Waals surface area (Å²) in [5.74, 6) is 1.37. The van der Waals surface area contributed by atoms with Crippen LogP contribution in [0.1, 0.15) is 42.0 Å². The molecule has 0 aliphatic carbocycles. The maximum absolute atomic E-state index is 11.9. The normalized spacial score (nSPS) is 15.3. The lowest BCUT2D eigenvalue weighted by atomic mass is 9.92. The molecule has 0 bridgehead atoms. The standard InChI is InChI=1S/C22H19ClN2O3/c1-12(26)10-19-22-20(13(2)25-28-22)17-9-8-16(27-3)11-18(17)21(24-19)14-4-6-15(23)7-5-14/h4-9,11,19H,10H2,1-3H3/t19-/m0/s1. The summed E-state index contributed by atoms with van der Waals surface area (Å²) in [6.45, 7) is 3.45. The molecule has 28 heavy (non-hydrogen) atoms. The van der Waals surface area contributed by atoms with E-state index in [0.717, 1.165) is 39.4 Å². The van der Waals surface area contributed by atoms with Gasteiger partial charge in [0.05, 0.1) is 24.1 Å². The highest BCUT2D eigenvalue weighted by Gasteiger charge is 2.31. The van der Waals surface area contributed by atoms with Crippen molar-refractivity contribution in [3.8, 4) is 16.9 Å². The van der Waals surface area contributed by atoms with Crippen molar-refractivity contribution in [2.75, 3.05) is 7.11 Å². The number of carbonyl (C=O) groups is 1. The molecule has 0 unspecified atom stereocenters. The number of ketones is 1. The zero-order valence-electron chi connectivity index (χ0n) is 15.8. The SMILES string of the molecule is COc1ccc2c(c1)C(c1ccc(Cl)cc1)=N[C@@H](CC(C)=O)c1onc(C)c1-2. The van der Waals surface area contributed by atoms with Crippen molar-refractivity contribution in [2.24, 2.45) is 4.99 Å². The molecule has 2 aromatic carbocycles. The molecule has 0 amide bonds. The molecule has 1 aliphatic rings. The number of hydrogen-bond donors (Lipinski definition) is 0. The summed E-state index contributed by atoms with van der Waals surface area (Å²) < 4.78 is 11.1. The largest absolute Gasteiger partial charge is 0.497 e. The number of hydrogen-bond acceptors (Lipinski definition) is 5. The zero-order chi connectivity index (χ0) is 19.8. The number of carbonyl (C=O) groups excluding carboxylic acids is 1. The van der Waals surface area contributed by atoms with Gasteiger partial charge in [0.15, 0.2) is 5.76 Å². The van der Waals surface area contributed by atoms with Crippen LogP contribution in [0, 0.1) is 6.92 Å². The molecule has 0 N–H and O–H groups in total. The second kappa shape index (κ2) is 7.24. The topological polar surface area (TPSA) is 64.7 Å². The summed E-state index contributed by atoms with van der Waals surface area (Å²) in [5, 5.41) is 4.79. The van der Waals surface area contributed by atoms with Gasteiger partial charge in [0.1, 0.15) is 17.6 Å². The van der Waals surface area contributed by atoms with E-state index >= 15 is 0 Å². The second-order valence-corrected chi connectivity index (χ2v) is 7.26. The van der Waals surface area contributed by atoms with Crippen molar-refractivity contribution >= 4 is 23.1 Å². The van der Waals surface area contributed by atoms with E-state index in [0.29, 0.717) is 10.8 Å². The summed E-state index contributed by atoms with van der Waals surface area (Å²) in [7, 11) is 1.63. The number of halogens is 1. The summed E-state index contributed by atoms with van der Waals surface area (Å²) in [5.41, 5.74) is 5.18. The molecule has 4 rings (SSSR count). The zero-order valence-corrected chi connectivity index (χ0v) is 16.6. The predicted molar refractivity (Wildman–Crippen MR) is 108 cm³/mol. The Bertz CT molecular complexity index is 1080. The van der Waals surface area contributed by atoms with Crippen LogP contribution in [0.3, 0.4) is 0 Å². The van der Waals surface area contributed by atoms with Crippen molar-refractivity contribution in [3.63, 3.8) is 0 Å². The van der Waals surface area contributed by atoms with Crippen molar-refractivity contribution < 1.29 is 14.1 Å². The van der Waals surface area contributed by atoms with Gasteiger partial charge < -0.3 is 9.26 Å². The molecular formula is C22H19ClN2O3. The van der Waals surface area contributed by atoms with Gasteiger partial charge in [-0.25, -0.2) is 0 Å². The highest BCUT2D eigenvalue weighted by atomic mass is 35.5. The van der Waals surface area contributed by atoms with Crippen LogP contribution in [0.4, 0.5) is 0 Å². The van der Waals surface area contributed by atoms with Crippen LogP contribution in [0.25, 0.3) is 11.1 Å². The third-order valence-electron chi connectivity index (χ3n) is 4.83. The Kier molecular flexibility index (Phi) is 4.77. The van der Waals surface area contributed by atoms with Gasteiger partial charge in [-0.2, -0.15) is 0 Å². The van der Waals surface area contributed by atoms with E-state index < -0.39 is 6.04 Å². The quantitative estimate of drug-likeness (QED) is 0.611. The molecule has 2 heterocycles. The molecule has 1 aliphatic heterocycles. The number of methoxy groups -OCH3 is 1. The van der Waals surface area contributed by atoms with Gasteiger partial charge in [0, 0.05) is 22.6 Å². The third kappa shape index (κ3) is 3.22. The number of Topliss-reactive ketones (excluding diaryl/α,β-unsaturated/α-hetero) is 1. The molecule has 6 heteroatoms. The van der Waals surface area contributed by atoms with Crippen LogP contribution in [-0.2, 0) is 4.79 Å². The monoisotopic (exact) mass is 394 g/mol. The van der Waals surface area contributed by atoms with Crippen LogP contribution >= 0.6 is 11.6 Å². The maximum atomic E-state index is 11.9. The molecule has 0 saturated heterocycles. The van der Waals surface area contributed by atoms with Crippen molar-refractivity contribution in [3.05, 3.63) is 70.1 Å². The number of aryl methyl sites for hydroxylation is 1. The van der Waals surface area contributed by atoms with E-state index in [-0.39, 0.29) is 12.2 Å². The van der Waals surface area contributed by atoms with Gasteiger partial charge in [-0.15, -0.1) is 0 Å². The number of aromatic nitrogens is 1. The Morgan fingerprint density at radius 2 is 1.93 bits per heavy atom. The van der Waals surface area contributed by atoms with Crippen LogP contribution in [0.2, 0.25) is 5.02 Å². The number of nitrogens with zero attached hydrogens (tertiary/aromatic N) is 2. The average Bonchev–Trinajstić information content (AvgIpc) is 3.00. The molecule has 1 atom stereocenters. The van der Waals surface area contributed by atoms with Crippen LogP contribution in [0.5, 0.6) is 5.75 Å². The Morgan fingerprint density at radius 3 is 2.61 bits per heavy atom. The van der Waals surface area contributed by atoms with Crippen LogP contribution < -0.4 is 4.74 Å². The Morgan fingerprint density at radius 1 is 1.18 bits per heavy atom.